The van der Waals surface area contributed by atoms with Crippen LogP contribution in [0.4, 0.5) is 0 Å². The molecule has 2 atom stereocenters. The van der Waals surface area contributed by atoms with E-state index in [2.05, 4.69) is 24.1 Å². The van der Waals surface area contributed by atoms with Gasteiger partial charge in [0.05, 0.1) is 6.04 Å². The van der Waals surface area contributed by atoms with Crippen molar-refractivity contribution >= 4 is 17.7 Å². The van der Waals surface area contributed by atoms with E-state index in [0.717, 1.165) is 18.7 Å². The van der Waals surface area contributed by atoms with Crippen molar-refractivity contribution in [2.45, 2.75) is 58.0 Å². The molecule has 0 radical (unpaired) electrons. The Bertz CT molecular complexity index is 289. The summed E-state index contributed by atoms with van der Waals surface area (Å²) >= 11 is 1.74. The van der Waals surface area contributed by atoms with Crippen molar-refractivity contribution in [3.8, 4) is 0 Å². The fraction of sp³-hybridized carbons (Fsp3) is 0.938. The molecule has 1 rings (SSSR count). The molecule has 1 aliphatic rings. The van der Waals surface area contributed by atoms with Crippen LogP contribution in [0.1, 0.15) is 46.0 Å². The number of thioether (sulfide) groups is 1. The zero-order valence-electron chi connectivity index (χ0n) is 13.9. The Morgan fingerprint density at radius 2 is 1.90 bits per heavy atom. The number of amides is 1. The van der Waals surface area contributed by atoms with Crippen LogP contribution in [-0.4, -0.2) is 54.5 Å². The van der Waals surface area contributed by atoms with Crippen LogP contribution in [0.5, 0.6) is 0 Å². The zero-order valence-corrected chi connectivity index (χ0v) is 14.8. The van der Waals surface area contributed by atoms with E-state index in [9.17, 15) is 4.79 Å². The number of nitrogens with two attached hydrogens (primary N) is 1. The van der Waals surface area contributed by atoms with Gasteiger partial charge in [-0.3, -0.25) is 9.69 Å². The number of carbonyl (C=O) groups is 1. The van der Waals surface area contributed by atoms with Gasteiger partial charge in [0.15, 0.2) is 0 Å². The molecular weight excluding hydrogens is 282 g/mol. The van der Waals surface area contributed by atoms with Crippen molar-refractivity contribution in [1.29, 1.82) is 0 Å². The predicted octanol–water partition coefficient (Wildman–Crippen LogP) is 2.08. The molecular formula is C16H33N3OS. The summed E-state index contributed by atoms with van der Waals surface area (Å²) in [6.45, 7) is 7.61. The highest BCUT2D eigenvalue weighted by molar-refractivity contribution is 7.98. The maximum absolute atomic E-state index is 12.1. The number of nitrogens with zero attached hydrogens (tertiary/aromatic N) is 1. The maximum atomic E-state index is 12.1. The van der Waals surface area contributed by atoms with Crippen LogP contribution in [0.3, 0.4) is 0 Å². The third kappa shape index (κ3) is 6.17. The van der Waals surface area contributed by atoms with Crippen molar-refractivity contribution in [2.75, 3.05) is 31.6 Å². The molecule has 21 heavy (non-hydrogen) atoms. The third-order valence-electron chi connectivity index (χ3n) is 4.66. The van der Waals surface area contributed by atoms with Crippen LogP contribution in [-0.2, 0) is 4.79 Å². The number of likely N-dealkylation sites (tertiary alicyclic amines) is 1. The average Bonchev–Trinajstić information content (AvgIpc) is 3.02. The van der Waals surface area contributed by atoms with Crippen LogP contribution in [0.15, 0.2) is 0 Å². The van der Waals surface area contributed by atoms with Gasteiger partial charge in [-0.1, -0.05) is 26.7 Å². The molecule has 5 heteroatoms. The zero-order chi connectivity index (χ0) is 15.7. The van der Waals surface area contributed by atoms with E-state index in [-0.39, 0.29) is 11.9 Å². The highest BCUT2D eigenvalue weighted by atomic mass is 32.2. The van der Waals surface area contributed by atoms with Crippen LogP contribution in [0.2, 0.25) is 0 Å². The second-order valence-corrected chi connectivity index (χ2v) is 7.01. The Hall–Kier alpha value is -0.260. The monoisotopic (exact) mass is 315 g/mol. The summed E-state index contributed by atoms with van der Waals surface area (Å²) in [6, 6.07) is 0.109. The summed E-state index contributed by atoms with van der Waals surface area (Å²) < 4.78 is 0. The molecule has 124 valence electrons. The highest BCUT2D eigenvalue weighted by Crippen LogP contribution is 2.22. The first-order valence-corrected chi connectivity index (χ1v) is 9.79. The number of nitrogens with one attached hydrogen (secondary N) is 1. The summed E-state index contributed by atoms with van der Waals surface area (Å²) in [5, 5.41) is 3.10. The predicted molar refractivity (Wildman–Crippen MR) is 92.7 cm³/mol. The smallest absolute Gasteiger partial charge is 0.237 e. The minimum atomic E-state index is -0.363. The first kappa shape index (κ1) is 18.8. The minimum absolute atomic E-state index is 0.0132. The van der Waals surface area contributed by atoms with Gasteiger partial charge in [-0.05, 0) is 50.3 Å². The maximum Gasteiger partial charge on any atom is 0.237 e. The topological polar surface area (TPSA) is 58.4 Å². The van der Waals surface area contributed by atoms with Gasteiger partial charge in [0.25, 0.3) is 0 Å². The third-order valence-corrected chi connectivity index (χ3v) is 5.30. The number of hydrogen-bond donors (Lipinski definition) is 2. The van der Waals surface area contributed by atoms with Crippen LogP contribution < -0.4 is 11.1 Å². The second kappa shape index (κ2) is 10.5. The van der Waals surface area contributed by atoms with Crippen molar-refractivity contribution in [1.82, 2.24) is 10.2 Å². The van der Waals surface area contributed by atoms with Gasteiger partial charge >= 0.3 is 0 Å². The van der Waals surface area contributed by atoms with Crippen molar-refractivity contribution < 1.29 is 4.79 Å². The molecule has 1 fully saturated rings. The van der Waals surface area contributed by atoms with Gasteiger partial charge in [0, 0.05) is 12.6 Å². The lowest BCUT2D eigenvalue weighted by Gasteiger charge is -2.34. The van der Waals surface area contributed by atoms with Gasteiger partial charge in [-0.2, -0.15) is 11.8 Å². The Kier molecular flexibility index (Phi) is 9.36. The number of hydrogen-bond acceptors (Lipinski definition) is 4. The van der Waals surface area contributed by atoms with Crippen molar-refractivity contribution in [3.05, 3.63) is 0 Å². The number of carbonyl (C=O) groups excluding carboxylic acids is 1. The molecule has 0 bridgehead atoms. The fourth-order valence-corrected chi connectivity index (χ4v) is 3.70. The molecule has 1 unspecified atom stereocenters. The summed E-state index contributed by atoms with van der Waals surface area (Å²) in [6.07, 6.45) is 7.72. The Morgan fingerprint density at radius 1 is 1.29 bits per heavy atom. The lowest BCUT2D eigenvalue weighted by atomic mass is 9.93. The van der Waals surface area contributed by atoms with E-state index in [1.807, 2.05) is 6.26 Å². The lowest BCUT2D eigenvalue weighted by Crippen LogP contribution is -2.50. The molecule has 0 aromatic heterocycles. The first-order valence-electron chi connectivity index (χ1n) is 8.40. The highest BCUT2D eigenvalue weighted by Gasteiger charge is 2.28. The van der Waals surface area contributed by atoms with E-state index in [4.69, 9.17) is 5.73 Å². The summed E-state index contributed by atoms with van der Waals surface area (Å²) in [7, 11) is 0. The average molecular weight is 316 g/mol. The van der Waals surface area contributed by atoms with Gasteiger partial charge in [-0.15, -0.1) is 0 Å². The van der Waals surface area contributed by atoms with E-state index in [1.54, 1.807) is 11.8 Å². The number of rotatable bonds is 10. The van der Waals surface area contributed by atoms with Gasteiger partial charge < -0.3 is 11.1 Å². The SMILES string of the molecule is CCC(CC)C(CNC(=O)[C@@H](N)CCSC)N1CCCC1. The summed E-state index contributed by atoms with van der Waals surface area (Å²) in [5.74, 6) is 1.61. The van der Waals surface area contributed by atoms with E-state index >= 15 is 0 Å². The normalized spacial score (nSPS) is 18.9. The Labute approximate surface area is 134 Å². The van der Waals surface area contributed by atoms with Crippen LogP contribution in [0.25, 0.3) is 0 Å². The van der Waals surface area contributed by atoms with E-state index in [1.165, 1.54) is 38.8 Å². The van der Waals surface area contributed by atoms with Crippen LogP contribution >= 0.6 is 11.8 Å². The standard InChI is InChI=1S/C16H33N3OS/c1-4-13(5-2)15(19-9-6-7-10-19)12-18-16(20)14(17)8-11-21-3/h13-15H,4-12,17H2,1-3H3,(H,18,20)/t14-,15?/m0/s1. The second-order valence-electron chi connectivity index (χ2n) is 6.02. The minimum Gasteiger partial charge on any atom is -0.353 e. The molecule has 1 saturated heterocycles. The van der Waals surface area contributed by atoms with E-state index in [0.29, 0.717) is 12.0 Å². The molecule has 1 aliphatic heterocycles. The largest absolute Gasteiger partial charge is 0.353 e. The Morgan fingerprint density at radius 3 is 2.43 bits per heavy atom. The summed E-state index contributed by atoms with van der Waals surface area (Å²) in [5.41, 5.74) is 5.95. The fourth-order valence-electron chi connectivity index (χ4n) is 3.21. The molecule has 3 N–H and O–H groups in total. The lowest BCUT2D eigenvalue weighted by molar-refractivity contribution is -0.122. The Balaban J connectivity index is 2.50. The summed E-state index contributed by atoms with van der Waals surface area (Å²) in [4.78, 5) is 14.7. The van der Waals surface area contributed by atoms with Gasteiger partial charge in [0.2, 0.25) is 5.91 Å². The van der Waals surface area contributed by atoms with Crippen molar-refractivity contribution in [3.63, 3.8) is 0 Å². The van der Waals surface area contributed by atoms with Gasteiger partial charge in [0.1, 0.15) is 0 Å². The van der Waals surface area contributed by atoms with Crippen LogP contribution in [0, 0.1) is 5.92 Å². The molecule has 4 nitrogen and oxygen atoms in total. The van der Waals surface area contributed by atoms with E-state index < -0.39 is 0 Å². The molecule has 0 aliphatic carbocycles. The molecule has 1 amide bonds. The molecule has 0 aromatic carbocycles. The van der Waals surface area contributed by atoms with Crippen molar-refractivity contribution in [2.24, 2.45) is 11.7 Å². The molecule has 1 heterocycles. The quantitative estimate of drug-likeness (QED) is 0.648. The molecule has 0 spiro atoms. The van der Waals surface area contributed by atoms with Gasteiger partial charge in [-0.25, -0.2) is 0 Å². The first-order chi connectivity index (χ1) is 10.1. The molecule has 0 saturated carbocycles. The molecule has 0 aromatic rings.